The van der Waals surface area contributed by atoms with Gasteiger partial charge in [-0.2, -0.15) is 0 Å². The van der Waals surface area contributed by atoms with Gasteiger partial charge in [0.2, 0.25) is 0 Å². The van der Waals surface area contributed by atoms with Gasteiger partial charge in [-0.05, 0) is 39.3 Å². The van der Waals surface area contributed by atoms with Crippen LogP contribution in [0.15, 0.2) is 0 Å². The first-order chi connectivity index (χ1) is 6.72. The van der Waals surface area contributed by atoms with Crippen molar-refractivity contribution in [1.82, 2.24) is 10.2 Å². The van der Waals surface area contributed by atoms with Crippen molar-refractivity contribution in [2.45, 2.75) is 45.3 Å². The van der Waals surface area contributed by atoms with E-state index < -0.39 is 0 Å². The van der Waals surface area contributed by atoms with Crippen molar-refractivity contribution in [2.75, 3.05) is 26.2 Å². The van der Waals surface area contributed by atoms with Crippen molar-refractivity contribution in [3.05, 3.63) is 0 Å². The average molecular weight is 200 g/mol. The van der Waals surface area contributed by atoms with E-state index in [1.54, 1.807) is 0 Å². The van der Waals surface area contributed by atoms with Gasteiger partial charge in [0.25, 0.3) is 0 Å². The van der Waals surface area contributed by atoms with Crippen molar-refractivity contribution < 1.29 is 5.11 Å². The standard InChI is InChI=1S/C11H24N2O/c1-3-11(14)8-12-10(2)9-13-6-4-5-7-13/h10-12,14H,3-9H2,1-2H3. The minimum Gasteiger partial charge on any atom is -0.392 e. The lowest BCUT2D eigenvalue weighted by molar-refractivity contribution is 0.159. The molecule has 3 nitrogen and oxygen atoms in total. The Morgan fingerprint density at radius 2 is 2.00 bits per heavy atom. The van der Waals surface area contributed by atoms with E-state index in [1.165, 1.54) is 25.9 Å². The van der Waals surface area contributed by atoms with E-state index in [2.05, 4.69) is 17.1 Å². The number of nitrogens with one attached hydrogen (secondary N) is 1. The zero-order valence-corrected chi connectivity index (χ0v) is 9.50. The summed E-state index contributed by atoms with van der Waals surface area (Å²) < 4.78 is 0. The molecule has 84 valence electrons. The van der Waals surface area contributed by atoms with Gasteiger partial charge in [0, 0.05) is 19.1 Å². The summed E-state index contributed by atoms with van der Waals surface area (Å²) in [7, 11) is 0. The molecule has 0 aromatic heterocycles. The topological polar surface area (TPSA) is 35.5 Å². The van der Waals surface area contributed by atoms with Gasteiger partial charge in [0.15, 0.2) is 0 Å². The molecular formula is C11H24N2O. The molecule has 14 heavy (non-hydrogen) atoms. The number of aliphatic hydroxyl groups excluding tert-OH is 1. The highest BCUT2D eigenvalue weighted by Crippen LogP contribution is 2.07. The van der Waals surface area contributed by atoms with Crippen LogP contribution in [0.2, 0.25) is 0 Å². The van der Waals surface area contributed by atoms with E-state index in [4.69, 9.17) is 0 Å². The van der Waals surface area contributed by atoms with Crippen LogP contribution in [0, 0.1) is 0 Å². The molecule has 2 N–H and O–H groups in total. The van der Waals surface area contributed by atoms with Crippen LogP contribution in [0.25, 0.3) is 0 Å². The maximum Gasteiger partial charge on any atom is 0.0662 e. The molecule has 0 aromatic carbocycles. The minimum atomic E-state index is -0.184. The van der Waals surface area contributed by atoms with Gasteiger partial charge in [-0.1, -0.05) is 6.92 Å². The summed E-state index contributed by atoms with van der Waals surface area (Å²) in [6.07, 6.45) is 3.36. The highest BCUT2D eigenvalue weighted by atomic mass is 16.3. The Hall–Kier alpha value is -0.120. The largest absolute Gasteiger partial charge is 0.392 e. The van der Waals surface area contributed by atoms with Crippen molar-refractivity contribution in [2.24, 2.45) is 0 Å². The van der Waals surface area contributed by atoms with Crippen LogP contribution in [0.4, 0.5) is 0 Å². The van der Waals surface area contributed by atoms with Crippen molar-refractivity contribution in [3.8, 4) is 0 Å². The SMILES string of the molecule is CCC(O)CNC(C)CN1CCCC1. The summed E-state index contributed by atoms with van der Waals surface area (Å²) in [6, 6.07) is 0.495. The van der Waals surface area contributed by atoms with E-state index in [0.29, 0.717) is 6.04 Å². The zero-order valence-electron chi connectivity index (χ0n) is 9.50. The molecule has 0 bridgehead atoms. The summed E-state index contributed by atoms with van der Waals surface area (Å²) in [5, 5.41) is 12.8. The third-order valence-electron chi connectivity index (χ3n) is 2.90. The molecule has 2 unspecified atom stereocenters. The van der Waals surface area contributed by atoms with Gasteiger partial charge < -0.3 is 15.3 Å². The average Bonchev–Trinajstić information content (AvgIpc) is 2.66. The predicted octanol–water partition coefficient (Wildman–Crippen LogP) is 0.831. The summed E-state index contributed by atoms with van der Waals surface area (Å²) in [4.78, 5) is 2.50. The van der Waals surface area contributed by atoms with Crippen LogP contribution in [-0.2, 0) is 0 Å². The van der Waals surface area contributed by atoms with Gasteiger partial charge in [-0.15, -0.1) is 0 Å². The second-order valence-corrected chi connectivity index (χ2v) is 4.38. The van der Waals surface area contributed by atoms with Crippen LogP contribution < -0.4 is 5.32 Å². The molecule has 1 saturated heterocycles. The molecule has 0 aromatic rings. The summed E-state index contributed by atoms with van der Waals surface area (Å²) in [5.74, 6) is 0. The van der Waals surface area contributed by atoms with E-state index in [0.717, 1.165) is 19.5 Å². The Morgan fingerprint density at radius 3 is 2.57 bits per heavy atom. The summed E-state index contributed by atoms with van der Waals surface area (Å²) in [6.45, 7) is 8.56. The first kappa shape index (κ1) is 12.0. The Labute approximate surface area is 87.5 Å². The van der Waals surface area contributed by atoms with Crippen LogP contribution >= 0.6 is 0 Å². The molecule has 0 amide bonds. The lowest BCUT2D eigenvalue weighted by atomic mass is 10.2. The second kappa shape index (κ2) is 6.38. The molecular weight excluding hydrogens is 176 g/mol. The maximum absolute atomic E-state index is 9.39. The number of hydrogen-bond acceptors (Lipinski definition) is 3. The highest BCUT2D eigenvalue weighted by molar-refractivity contribution is 4.73. The molecule has 1 fully saturated rings. The highest BCUT2D eigenvalue weighted by Gasteiger charge is 2.14. The van der Waals surface area contributed by atoms with Crippen LogP contribution in [0.5, 0.6) is 0 Å². The van der Waals surface area contributed by atoms with Crippen molar-refractivity contribution in [3.63, 3.8) is 0 Å². The second-order valence-electron chi connectivity index (χ2n) is 4.38. The molecule has 0 aliphatic carbocycles. The summed E-state index contributed by atoms with van der Waals surface area (Å²) in [5.41, 5.74) is 0. The molecule has 1 aliphatic rings. The smallest absolute Gasteiger partial charge is 0.0662 e. The van der Waals surface area contributed by atoms with Gasteiger partial charge in [-0.3, -0.25) is 0 Å². The summed E-state index contributed by atoms with van der Waals surface area (Å²) >= 11 is 0. The lowest BCUT2D eigenvalue weighted by Crippen LogP contribution is -2.41. The first-order valence-corrected chi connectivity index (χ1v) is 5.86. The molecule has 3 heteroatoms. The fourth-order valence-electron chi connectivity index (χ4n) is 1.90. The quantitative estimate of drug-likeness (QED) is 0.667. The van der Waals surface area contributed by atoms with Crippen LogP contribution in [0.3, 0.4) is 0 Å². The van der Waals surface area contributed by atoms with Crippen molar-refractivity contribution in [1.29, 1.82) is 0 Å². The number of aliphatic hydroxyl groups is 1. The van der Waals surface area contributed by atoms with E-state index in [1.807, 2.05) is 6.92 Å². The predicted molar refractivity (Wildman–Crippen MR) is 59.4 cm³/mol. The Kier molecular flexibility index (Phi) is 5.45. The maximum atomic E-state index is 9.39. The van der Waals surface area contributed by atoms with Gasteiger partial charge >= 0.3 is 0 Å². The van der Waals surface area contributed by atoms with Crippen molar-refractivity contribution >= 4 is 0 Å². The number of hydrogen-bond donors (Lipinski definition) is 2. The van der Waals surface area contributed by atoms with Gasteiger partial charge in [-0.25, -0.2) is 0 Å². The number of likely N-dealkylation sites (tertiary alicyclic amines) is 1. The molecule has 1 heterocycles. The third kappa shape index (κ3) is 4.40. The fraction of sp³-hybridized carbons (Fsp3) is 1.00. The zero-order chi connectivity index (χ0) is 10.4. The normalized spacial score (nSPS) is 22.5. The molecule has 0 spiro atoms. The number of nitrogens with zero attached hydrogens (tertiary/aromatic N) is 1. The Morgan fingerprint density at radius 1 is 1.36 bits per heavy atom. The van der Waals surface area contributed by atoms with E-state index in [-0.39, 0.29) is 6.10 Å². The molecule has 2 atom stereocenters. The van der Waals surface area contributed by atoms with Gasteiger partial charge in [0.1, 0.15) is 0 Å². The molecule has 1 aliphatic heterocycles. The van der Waals surface area contributed by atoms with Crippen LogP contribution in [-0.4, -0.2) is 48.3 Å². The number of rotatable bonds is 6. The van der Waals surface area contributed by atoms with E-state index >= 15 is 0 Å². The Bertz CT molecular complexity index is 146. The molecule has 0 saturated carbocycles. The van der Waals surface area contributed by atoms with E-state index in [9.17, 15) is 5.11 Å². The monoisotopic (exact) mass is 200 g/mol. The molecule has 0 radical (unpaired) electrons. The van der Waals surface area contributed by atoms with Crippen LogP contribution in [0.1, 0.15) is 33.1 Å². The third-order valence-corrected chi connectivity index (χ3v) is 2.90. The molecule has 1 rings (SSSR count). The lowest BCUT2D eigenvalue weighted by Gasteiger charge is -2.22. The minimum absolute atomic E-state index is 0.184. The van der Waals surface area contributed by atoms with Gasteiger partial charge in [0.05, 0.1) is 6.10 Å². The fourth-order valence-corrected chi connectivity index (χ4v) is 1.90. The first-order valence-electron chi connectivity index (χ1n) is 5.86. The Balaban J connectivity index is 2.05.